The van der Waals surface area contributed by atoms with Gasteiger partial charge in [0.25, 0.3) is 0 Å². The van der Waals surface area contributed by atoms with Gasteiger partial charge < -0.3 is 15.4 Å². The fraction of sp³-hybridized carbons (Fsp3) is 0.462. The van der Waals surface area contributed by atoms with Crippen molar-refractivity contribution in [2.45, 2.75) is 18.8 Å². The Hall–Kier alpha value is -2.49. The van der Waals surface area contributed by atoms with Gasteiger partial charge in [0.1, 0.15) is 6.61 Å². The molecule has 106 valence electrons. The zero-order valence-electron chi connectivity index (χ0n) is 11.1. The fourth-order valence-corrected chi connectivity index (χ4v) is 2.34. The van der Waals surface area contributed by atoms with E-state index in [1.54, 1.807) is 11.0 Å². The molecule has 2 heterocycles. The van der Waals surface area contributed by atoms with E-state index in [0.29, 0.717) is 18.8 Å². The first-order valence-electron chi connectivity index (χ1n) is 6.41. The lowest BCUT2D eigenvalue weighted by Gasteiger charge is -2.30. The van der Waals surface area contributed by atoms with Crippen LogP contribution in [0.3, 0.4) is 0 Å². The number of H-pyrrole nitrogens is 1. The van der Waals surface area contributed by atoms with Crippen molar-refractivity contribution in [3.8, 4) is 0 Å². The average Bonchev–Trinajstić information content (AvgIpc) is 2.85. The van der Waals surface area contributed by atoms with Crippen LogP contribution in [0.1, 0.15) is 24.5 Å². The predicted octanol–water partition coefficient (Wildman–Crippen LogP) is 2.04. The first kappa shape index (κ1) is 13.9. The Morgan fingerprint density at radius 1 is 1.65 bits per heavy atom. The molecule has 0 aliphatic carbocycles. The van der Waals surface area contributed by atoms with Crippen LogP contribution in [-0.2, 0) is 4.74 Å². The first-order valence-corrected chi connectivity index (χ1v) is 6.41. The first-order chi connectivity index (χ1) is 9.67. The van der Waals surface area contributed by atoms with E-state index in [0.717, 1.165) is 18.5 Å². The number of nitrogen functional groups attached to an aromatic ring is 1. The highest BCUT2D eigenvalue weighted by Gasteiger charge is 2.28. The van der Waals surface area contributed by atoms with E-state index in [1.165, 1.54) is 0 Å². The second-order valence-electron chi connectivity index (χ2n) is 4.61. The molecular formula is C13H17N5O2. The molecule has 0 spiro atoms. The van der Waals surface area contributed by atoms with Gasteiger partial charge in [0.05, 0.1) is 6.57 Å². The molecule has 3 N–H and O–H groups in total. The molecule has 1 aliphatic rings. The maximum Gasteiger partial charge on any atom is 0.410 e. The van der Waals surface area contributed by atoms with Gasteiger partial charge in [-0.2, -0.15) is 5.10 Å². The molecule has 1 fully saturated rings. The number of aromatic amines is 1. The summed E-state index contributed by atoms with van der Waals surface area (Å²) in [5.74, 6) is 0.412. The van der Waals surface area contributed by atoms with E-state index < -0.39 is 0 Å². The minimum atomic E-state index is -0.321. The number of piperidine rings is 1. The number of ether oxygens (including phenoxy) is 1. The van der Waals surface area contributed by atoms with Crippen molar-refractivity contribution in [3.63, 3.8) is 0 Å². The standard InChI is InChI=1S/C13H17N5O2/c1-3-8-20-13(19)18-6-4-9(5-7-18)10-11(15-2)12(14)17-16-10/h3,9H,1,4-8H2,(H3,14,16,17). The zero-order chi connectivity index (χ0) is 14.5. The maximum absolute atomic E-state index is 11.7. The van der Waals surface area contributed by atoms with Crippen LogP contribution in [-0.4, -0.2) is 40.9 Å². The molecule has 1 aromatic rings. The highest BCUT2D eigenvalue weighted by molar-refractivity contribution is 5.68. The van der Waals surface area contributed by atoms with Gasteiger partial charge in [-0.3, -0.25) is 5.10 Å². The lowest BCUT2D eigenvalue weighted by atomic mass is 9.93. The molecule has 20 heavy (non-hydrogen) atoms. The van der Waals surface area contributed by atoms with E-state index in [2.05, 4.69) is 21.6 Å². The summed E-state index contributed by atoms with van der Waals surface area (Å²) in [7, 11) is 0. The average molecular weight is 275 g/mol. The van der Waals surface area contributed by atoms with Gasteiger partial charge in [-0.15, -0.1) is 0 Å². The lowest BCUT2D eigenvalue weighted by molar-refractivity contribution is 0.102. The number of anilines is 1. The summed E-state index contributed by atoms with van der Waals surface area (Å²) in [5.41, 5.74) is 6.81. The summed E-state index contributed by atoms with van der Waals surface area (Å²) in [4.78, 5) is 16.8. The molecule has 1 aromatic heterocycles. The van der Waals surface area contributed by atoms with Crippen LogP contribution in [0.4, 0.5) is 16.3 Å². The second-order valence-corrected chi connectivity index (χ2v) is 4.61. The molecule has 0 saturated carbocycles. The topological polar surface area (TPSA) is 88.6 Å². The van der Waals surface area contributed by atoms with Crippen molar-refractivity contribution in [1.29, 1.82) is 0 Å². The van der Waals surface area contributed by atoms with Crippen molar-refractivity contribution in [3.05, 3.63) is 29.8 Å². The summed E-state index contributed by atoms with van der Waals surface area (Å²) < 4.78 is 5.00. The predicted molar refractivity (Wildman–Crippen MR) is 74.4 cm³/mol. The Morgan fingerprint density at radius 2 is 2.35 bits per heavy atom. The normalized spacial score (nSPS) is 15.7. The van der Waals surface area contributed by atoms with E-state index in [-0.39, 0.29) is 24.4 Å². The molecule has 0 bridgehead atoms. The van der Waals surface area contributed by atoms with Crippen LogP contribution in [0.25, 0.3) is 4.85 Å². The molecule has 7 nitrogen and oxygen atoms in total. The molecule has 0 radical (unpaired) electrons. The van der Waals surface area contributed by atoms with E-state index in [9.17, 15) is 4.79 Å². The summed E-state index contributed by atoms with van der Waals surface area (Å²) in [6.45, 7) is 12.0. The van der Waals surface area contributed by atoms with Crippen LogP contribution in [0, 0.1) is 6.57 Å². The minimum Gasteiger partial charge on any atom is -0.445 e. The van der Waals surface area contributed by atoms with Gasteiger partial charge >= 0.3 is 6.09 Å². The molecule has 0 unspecified atom stereocenters. The second kappa shape index (κ2) is 6.10. The number of amides is 1. The molecule has 2 rings (SSSR count). The fourth-order valence-electron chi connectivity index (χ4n) is 2.34. The van der Waals surface area contributed by atoms with Gasteiger partial charge in [0.15, 0.2) is 5.82 Å². The molecular weight excluding hydrogens is 258 g/mol. The van der Waals surface area contributed by atoms with E-state index in [4.69, 9.17) is 17.0 Å². The number of hydrogen-bond donors (Lipinski definition) is 2. The number of carbonyl (C=O) groups excluding carboxylic acids is 1. The third kappa shape index (κ3) is 2.74. The van der Waals surface area contributed by atoms with Crippen LogP contribution in [0.5, 0.6) is 0 Å². The third-order valence-corrected chi connectivity index (χ3v) is 3.39. The Balaban J connectivity index is 1.96. The van der Waals surface area contributed by atoms with Gasteiger partial charge in [0.2, 0.25) is 5.69 Å². The number of aromatic nitrogens is 2. The molecule has 1 aliphatic heterocycles. The lowest BCUT2D eigenvalue weighted by Crippen LogP contribution is -2.38. The van der Waals surface area contributed by atoms with Crippen LogP contribution >= 0.6 is 0 Å². The number of likely N-dealkylation sites (tertiary alicyclic amines) is 1. The van der Waals surface area contributed by atoms with Crippen molar-refractivity contribution in [2.24, 2.45) is 0 Å². The van der Waals surface area contributed by atoms with Crippen LogP contribution in [0.15, 0.2) is 12.7 Å². The summed E-state index contributed by atoms with van der Waals surface area (Å²) in [6.07, 6.45) is 2.73. The van der Waals surface area contributed by atoms with Gasteiger partial charge in [-0.1, -0.05) is 12.7 Å². The smallest absolute Gasteiger partial charge is 0.410 e. The molecule has 0 atom stereocenters. The Kier molecular flexibility index (Phi) is 4.25. The van der Waals surface area contributed by atoms with Gasteiger partial charge in [-0.25, -0.2) is 9.64 Å². The third-order valence-electron chi connectivity index (χ3n) is 3.39. The van der Waals surface area contributed by atoms with Crippen molar-refractivity contribution in [1.82, 2.24) is 15.1 Å². The number of carbonyl (C=O) groups is 1. The number of hydrogen-bond acceptors (Lipinski definition) is 4. The summed E-state index contributed by atoms with van der Waals surface area (Å²) in [5, 5.41) is 6.72. The van der Waals surface area contributed by atoms with Crippen molar-refractivity contribution >= 4 is 17.6 Å². The van der Waals surface area contributed by atoms with E-state index in [1.807, 2.05) is 0 Å². The summed E-state index contributed by atoms with van der Waals surface area (Å²) >= 11 is 0. The van der Waals surface area contributed by atoms with Crippen LogP contribution in [0.2, 0.25) is 0 Å². The van der Waals surface area contributed by atoms with Crippen LogP contribution < -0.4 is 5.73 Å². The number of nitrogens with two attached hydrogens (primary N) is 1. The SMILES string of the molecule is [C-]#[N+]c1c(N)n[nH]c1C1CCN(C(=O)OCC=C)CC1. The number of nitrogens with one attached hydrogen (secondary N) is 1. The molecule has 7 heteroatoms. The van der Waals surface area contributed by atoms with Gasteiger partial charge in [-0.05, 0) is 18.8 Å². The summed E-state index contributed by atoms with van der Waals surface area (Å²) in [6, 6.07) is 0. The molecule has 0 aromatic carbocycles. The number of rotatable bonds is 3. The minimum absolute atomic E-state index is 0.173. The molecule has 1 amide bonds. The van der Waals surface area contributed by atoms with Crippen molar-refractivity contribution < 1.29 is 9.53 Å². The van der Waals surface area contributed by atoms with E-state index >= 15 is 0 Å². The molecule has 1 saturated heterocycles. The maximum atomic E-state index is 11.7. The Labute approximate surface area is 117 Å². The zero-order valence-corrected chi connectivity index (χ0v) is 11.1. The Morgan fingerprint density at radius 3 is 2.95 bits per heavy atom. The number of nitrogens with zero attached hydrogens (tertiary/aromatic N) is 3. The largest absolute Gasteiger partial charge is 0.445 e. The Bertz CT molecular complexity index is 537. The van der Waals surface area contributed by atoms with Crippen molar-refractivity contribution in [2.75, 3.05) is 25.4 Å². The monoisotopic (exact) mass is 275 g/mol. The quantitative estimate of drug-likeness (QED) is 0.652. The van der Waals surface area contributed by atoms with Gasteiger partial charge in [0, 0.05) is 18.8 Å². The highest BCUT2D eigenvalue weighted by atomic mass is 16.6. The highest BCUT2D eigenvalue weighted by Crippen LogP contribution is 2.35.